The summed E-state index contributed by atoms with van der Waals surface area (Å²) in [6.45, 7) is 7.16. The molecule has 1 saturated carbocycles. The third-order valence-electron chi connectivity index (χ3n) is 4.05. The minimum absolute atomic E-state index is 0.0689. The summed E-state index contributed by atoms with van der Waals surface area (Å²) in [5.74, 6) is 0.420. The number of carbonyl (C=O) groups excluding carboxylic acids is 1. The fourth-order valence-corrected chi connectivity index (χ4v) is 2.77. The van der Waals surface area contributed by atoms with E-state index in [1.165, 1.54) is 0 Å². The van der Waals surface area contributed by atoms with Crippen molar-refractivity contribution in [3.63, 3.8) is 0 Å². The maximum Gasteiger partial charge on any atom is 0.138 e. The molecule has 0 spiro atoms. The SMILES string of the molecule is CCC(=O)C1(C)CCC(C)(CNCl)CC1. The van der Waals surface area contributed by atoms with E-state index in [1.54, 1.807) is 0 Å². The Hall–Kier alpha value is -0.0800. The van der Waals surface area contributed by atoms with Gasteiger partial charge in [-0.2, -0.15) is 0 Å². The van der Waals surface area contributed by atoms with Crippen molar-refractivity contribution in [3.05, 3.63) is 0 Å². The lowest BCUT2D eigenvalue weighted by Gasteiger charge is -2.42. The maximum absolute atomic E-state index is 11.8. The molecule has 0 atom stereocenters. The Kier molecular flexibility index (Phi) is 4.19. The summed E-state index contributed by atoms with van der Waals surface area (Å²) in [5, 5.41) is 0. The molecule has 1 aliphatic carbocycles. The highest BCUT2D eigenvalue weighted by Gasteiger charge is 2.40. The van der Waals surface area contributed by atoms with Crippen LogP contribution in [0.4, 0.5) is 0 Å². The maximum atomic E-state index is 11.8. The molecule has 0 unspecified atom stereocenters. The predicted octanol–water partition coefficient (Wildman–Crippen LogP) is 3.30. The monoisotopic (exact) mass is 231 g/mol. The third-order valence-corrected chi connectivity index (χ3v) is 4.18. The van der Waals surface area contributed by atoms with E-state index in [0.717, 1.165) is 32.2 Å². The van der Waals surface area contributed by atoms with Crippen LogP contribution in [0.2, 0.25) is 0 Å². The molecule has 0 saturated heterocycles. The molecule has 2 nitrogen and oxygen atoms in total. The normalized spacial score (nSPS) is 36.5. The second-order valence-electron chi connectivity index (χ2n) is 5.46. The van der Waals surface area contributed by atoms with E-state index >= 15 is 0 Å². The van der Waals surface area contributed by atoms with Crippen molar-refractivity contribution in [1.82, 2.24) is 4.84 Å². The molecule has 0 bridgehead atoms. The van der Waals surface area contributed by atoms with Crippen LogP contribution in [-0.4, -0.2) is 12.3 Å². The first-order valence-corrected chi connectivity index (χ1v) is 6.20. The van der Waals surface area contributed by atoms with Gasteiger partial charge < -0.3 is 0 Å². The Morgan fingerprint density at radius 3 is 2.20 bits per heavy atom. The molecular weight excluding hydrogens is 210 g/mol. The average Bonchev–Trinajstić information content (AvgIpc) is 2.22. The van der Waals surface area contributed by atoms with Gasteiger partial charge in [0.1, 0.15) is 5.78 Å². The van der Waals surface area contributed by atoms with E-state index in [1.807, 2.05) is 6.92 Å². The zero-order chi connectivity index (χ0) is 11.5. The van der Waals surface area contributed by atoms with Crippen molar-refractivity contribution in [2.75, 3.05) is 6.54 Å². The number of Topliss-reactive ketones (excluding diaryl/α,β-unsaturated/α-hetero) is 1. The number of nitrogens with one attached hydrogen (secondary N) is 1. The summed E-state index contributed by atoms with van der Waals surface area (Å²) in [6, 6.07) is 0. The van der Waals surface area contributed by atoms with Crippen molar-refractivity contribution in [2.45, 2.75) is 52.9 Å². The predicted molar refractivity (Wildman–Crippen MR) is 63.8 cm³/mol. The zero-order valence-electron chi connectivity index (χ0n) is 10.0. The molecule has 0 amide bonds. The molecule has 0 aliphatic heterocycles. The molecule has 3 heteroatoms. The fourth-order valence-electron chi connectivity index (χ4n) is 2.45. The van der Waals surface area contributed by atoms with Crippen LogP contribution < -0.4 is 4.84 Å². The van der Waals surface area contributed by atoms with Crippen LogP contribution in [0, 0.1) is 10.8 Å². The molecular formula is C12H22ClNO. The lowest BCUT2D eigenvalue weighted by molar-refractivity contribution is -0.130. The summed E-state index contributed by atoms with van der Waals surface area (Å²) in [6.07, 6.45) is 4.87. The Bertz CT molecular complexity index is 232. The Morgan fingerprint density at radius 2 is 1.80 bits per heavy atom. The Morgan fingerprint density at radius 1 is 1.27 bits per heavy atom. The summed E-state index contributed by atoms with van der Waals surface area (Å²) < 4.78 is 0. The quantitative estimate of drug-likeness (QED) is 0.753. The first-order chi connectivity index (χ1) is 6.96. The second-order valence-corrected chi connectivity index (χ2v) is 5.73. The third kappa shape index (κ3) is 2.94. The average molecular weight is 232 g/mol. The molecule has 0 heterocycles. The summed E-state index contributed by atoms with van der Waals surface area (Å²) in [7, 11) is 0. The number of hydrogen-bond donors (Lipinski definition) is 1. The Balaban J connectivity index is 2.58. The van der Waals surface area contributed by atoms with E-state index in [4.69, 9.17) is 11.8 Å². The van der Waals surface area contributed by atoms with Crippen LogP contribution in [0.3, 0.4) is 0 Å². The van der Waals surface area contributed by atoms with Crippen LogP contribution >= 0.6 is 11.8 Å². The van der Waals surface area contributed by atoms with Gasteiger partial charge in [0.15, 0.2) is 0 Å². The van der Waals surface area contributed by atoms with Gasteiger partial charge in [-0.25, -0.2) is 4.84 Å². The molecule has 0 aromatic heterocycles. The summed E-state index contributed by atoms with van der Waals surface area (Å²) in [4.78, 5) is 14.6. The highest BCUT2D eigenvalue weighted by molar-refractivity contribution is 6.13. The molecule has 88 valence electrons. The zero-order valence-corrected chi connectivity index (χ0v) is 10.8. The number of ketones is 1. The lowest BCUT2D eigenvalue weighted by Crippen LogP contribution is -2.39. The Labute approximate surface area is 97.9 Å². The number of rotatable bonds is 4. The van der Waals surface area contributed by atoms with Gasteiger partial charge in [-0.3, -0.25) is 4.79 Å². The van der Waals surface area contributed by atoms with E-state index in [2.05, 4.69) is 18.7 Å². The summed E-state index contributed by atoms with van der Waals surface area (Å²) in [5.41, 5.74) is 0.204. The standard InChI is InChI=1S/C12H22ClNO/c1-4-10(15)12(3)7-5-11(2,6-8-12)9-14-13/h14H,4-9H2,1-3H3. The smallest absolute Gasteiger partial charge is 0.138 e. The lowest BCUT2D eigenvalue weighted by atomic mass is 9.63. The van der Waals surface area contributed by atoms with Crippen molar-refractivity contribution in [2.24, 2.45) is 10.8 Å². The van der Waals surface area contributed by atoms with Crippen LogP contribution in [-0.2, 0) is 4.79 Å². The van der Waals surface area contributed by atoms with Crippen molar-refractivity contribution >= 4 is 17.6 Å². The van der Waals surface area contributed by atoms with E-state index < -0.39 is 0 Å². The molecule has 0 aromatic rings. The van der Waals surface area contributed by atoms with E-state index in [9.17, 15) is 4.79 Å². The van der Waals surface area contributed by atoms with Gasteiger partial charge in [0.25, 0.3) is 0 Å². The van der Waals surface area contributed by atoms with Gasteiger partial charge >= 0.3 is 0 Å². The topological polar surface area (TPSA) is 29.1 Å². The highest BCUT2D eigenvalue weighted by atomic mass is 35.5. The fraction of sp³-hybridized carbons (Fsp3) is 0.917. The molecule has 1 fully saturated rings. The molecule has 0 aromatic carbocycles. The van der Waals surface area contributed by atoms with E-state index in [0.29, 0.717) is 12.2 Å². The van der Waals surface area contributed by atoms with Crippen LogP contribution in [0.5, 0.6) is 0 Å². The van der Waals surface area contributed by atoms with Gasteiger partial charge in [-0.15, -0.1) is 0 Å². The van der Waals surface area contributed by atoms with Crippen molar-refractivity contribution < 1.29 is 4.79 Å². The minimum Gasteiger partial charge on any atom is -0.299 e. The molecule has 1 N–H and O–H groups in total. The van der Waals surface area contributed by atoms with Gasteiger partial charge in [0, 0.05) is 18.4 Å². The van der Waals surface area contributed by atoms with Crippen LogP contribution in [0.15, 0.2) is 0 Å². The van der Waals surface area contributed by atoms with Gasteiger partial charge in [0.2, 0.25) is 0 Å². The van der Waals surface area contributed by atoms with Crippen molar-refractivity contribution in [3.8, 4) is 0 Å². The summed E-state index contributed by atoms with van der Waals surface area (Å²) >= 11 is 5.57. The van der Waals surface area contributed by atoms with Crippen LogP contribution in [0.25, 0.3) is 0 Å². The molecule has 15 heavy (non-hydrogen) atoms. The first kappa shape index (κ1) is 13.0. The molecule has 0 radical (unpaired) electrons. The molecule has 1 rings (SSSR count). The number of carbonyl (C=O) groups is 1. The highest BCUT2D eigenvalue weighted by Crippen LogP contribution is 2.45. The van der Waals surface area contributed by atoms with Crippen LogP contribution in [0.1, 0.15) is 52.9 Å². The number of halogens is 1. The van der Waals surface area contributed by atoms with Gasteiger partial charge in [-0.1, -0.05) is 20.8 Å². The minimum atomic E-state index is -0.0689. The van der Waals surface area contributed by atoms with Gasteiger partial charge in [0.05, 0.1) is 0 Å². The van der Waals surface area contributed by atoms with Crippen molar-refractivity contribution in [1.29, 1.82) is 0 Å². The first-order valence-electron chi connectivity index (χ1n) is 5.83. The van der Waals surface area contributed by atoms with Gasteiger partial charge in [-0.05, 0) is 42.9 Å². The number of hydrogen-bond acceptors (Lipinski definition) is 2. The van der Waals surface area contributed by atoms with E-state index in [-0.39, 0.29) is 10.8 Å². The second kappa shape index (κ2) is 4.84. The largest absolute Gasteiger partial charge is 0.299 e. The molecule has 1 aliphatic rings.